The second-order valence-corrected chi connectivity index (χ2v) is 10.6. The lowest BCUT2D eigenvalue weighted by molar-refractivity contribution is 0.0892. The lowest BCUT2D eigenvalue weighted by Crippen LogP contribution is -2.50. The van der Waals surface area contributed by atoms with Crippen LogP contribution in [0.1, 0.15) is 13.8 Å². The minimum atomic E-state index is -3.36. The zero-order chi connectivity index (χ0) is 24.0. The Morgan fingerprint density at radius 2 is 1.88 bits per heavy atom. The molecule has 1 fully saturated rings. The molecule has 2 aromatic rings. The van der Waals surface area contributed by atoms with Crippen LogP contribution in [0, 0.1) is 0 Å². The number of hydrogen-bond donors (Lipinski definition) is 0. The van der Waals surface area contributed by atoms with Gasteiger partial charge in [0, 0.05) is 31.2 Å². The predicted octanol–water partition coefficient (Wildman–Crippen LogP) is 2.11. The molecule has 12 heteroatoms. The van der Waals surface area contributed by atoms with Crippen LogP contribution in [0.4, 0.5) is 10.1 Å². The van der Waals surface area contributed by atoms with Crippen LogP contribution in [0.3, 0.4) is 0 Å². The smallest absolute Gasteiger partial charge is 0.316 e. The molecular formula is C21H28ClFN4O5S. The molecule has 1 aliphatic heterocycles. The van der Waals surface area contributed by atoms with Gasteiger partial charge in [0.25, 0.3) is 0 Å². The summed E-state index contributed by atoms with van der Waals surface area (Å²) in [7, 11) is -3.36. The van der Waals surface area contributed by atoms with E-state index in [9.17, 15) is 17.6 Å². The fourth-order valence-corrected chi connectivity index (χ4v) is 4.88. The van der Waals surface area contributed by atoms with Gasteiger partial charge in [0.2, 0.25) is 15.8 Å². The minimum absolute atomic E-state index is 0.0451. The number of sulfonamides is 1. The maximum Gasteiger partial charge on any atom is 0.316 e. The number of aromatic nitrogens is 2. The molecule has 0 bridgehead atoms. The number of anilines is 1. The van der Waals surface area contributed by atoms with Crippen LogP contribution in [-0.2, 0) is 14.8 Å². The summed E-state index contributed by atoms with van der Waals surface area (Å²) in [6, 6.07) is 6.71. The van der Waals surface area contributed by atoms with E-state index in [-0.39, 0.29) is 38.7 Å². The van der Waals surface area contributed by atoms with Crippen molar-refractivity contribution in [2.45, 2.75) is 19.1 Å². The number of halogens is 2. The van der Waals surface area contributed by atoms with E-state index in [2.05, 4.69) is 5.10 Å². The quantitative estimate of drug-likeness (QED) is 0.459. The SMILES string of the molecule is CC(C)S(=O)(=O)N1CCN(c2cnn(-c3cccc(Cl)c3)c(=O)c2OCCOCCF)CC1. The van der Waals surface area contributed by atoms with Gasteiger partial charge < -0.3 is 14.4 Å². The lowest BCUT2D eigenvalue weighted by Gasteiger charge is -2.36. The topological polar surface area (TPSA) is 94.0 Å². The van der Waals surface area contributed by atoms with Crippen LogP contribution in [0.2, 0.25) is 5.02 Å². The predicted molar refractivity (Wildman–Crippen MR) is 125 cm³/mol. The van der Waals surface area contributed by atoms with Crippen LogP contribution in [0.5, 0.6) is 5.75 Å². The van der Waals surface area contributed by atoms with Gasteiger partial charge in [0.15, 0.2) is 0 Å². The van der Waals surface area contributed by atoms with E-state index in [1.807, 2.05) is 4.90 Å². The fourth-order valence-electron chi connectivity index (χ4n) is 3.42. The molecule has 0 aliphatic carbocycles. The molecule has 1 saturated heterocycles. The van der Waals surface area contributed by atoms with Gasteiger partial charge in [-0.1, -0.05) is 17.7 Å². The monoisotopic (exact) mass is 502 g/mol. The number of piperazine rings is 1. The molecule has 3 rings (SSSR count). The first kappa shape index (κ1) is 25.4. The summed E-state index contributed by atoms with van der Waals surface area (Å²) in [4.78, 5) is 15.2. The molecule has 9 nitrogen and oxygen atoms in total. The van der Waals surface area contributed by atoms with Gasteiger partial charge in [0.1, 0.15) is 19.0 Å². The Bertz CT molecular complexity index is 1100. The fraction of sp³-hybridized carbons (Fsp3) is 0.524. The van der Waals surface area contributed by atoms with E-state index < -0.39 is 27.5 Å². The lowest BCUT2D eigenvalue weighted by atomic mass is 10.3. The minimum Gasteiger partial charge on any atom is -0.484 e. The molecule has 182 valence electrons. The molecule has 0 N–H and O–H groups in total. The number of hydrogen-bond acceptors (Lipinski definition) is 7. The first-order valence-corrected chi connectivity index (χ1v) is 12.5. The average Bonchev–Trinajstić information content (AvgIpc) is 2.79. The molecule has 0 radical (unpaired) electrons. The zero-order valence-electron chi connectivity index (χ0n) is 18.6. The van der Waals surface area contributed by atoms with Crippen LogP contribution in [0.15, 0.2) is 35.3 Å². The Balaban J connectivity index is 1.87. The van der Waals surface area contributed by atoms with E-state index in [0.717, 1.165) is 0 Å². The van der Waals surface area contributed by atoms with Crippen molar-refractivity contribution >= 4 is 27.3 Å². The highest BCUT2D eigenvalue weighted by atomic mass is 35.5. The van der Waals surface area contributed by atoms with Crippen molar-refractivity contribution in [2.24, 2.45) is 0 Å². The summed E-state index contributed by atoms with van der Waals surface area (Å²) >= 11 is 6.06. The van der Waals surface area contributed by atoms with Gasteiger partial charge in [-0.15, -0.1) is 0 Å². The highest BCUT2D eigenvalue weighted by Crippen LogP contribution is 2.26. The zero-order valence-corrected chi connectivity index (χ0v) is 20.2. The molecule has 0 unspecified atom stereocenters. The van der Waals surface area contributed by atoms with Crippen molar-refractivity contribution in [3.8, 4) is 11.4 Å². The molecule has 33 heavy (non-hydrogen) atoms. The van der Waals surface area contributed by atoms with E-state index in [1.54, 1.807) is 38.1 Å². The van der Waals surface area contributed by atoms with Crippen molar-refractivity contribution in [3.05, 3.63) is 45.8 Å². The van der Waals surface area contributed by atoms with Crippen molar-refractivity contribution in [2.75, 3.05) is 57.6 Å². The molecule has 1 aromatic heterocycles. The van der Waals surface area contributed by atoms with Crippen LogP contribution in [-0.4, -0.2) is 80.4 Å². The molecule has 0 saturated carbocycles. The second kappa shape index (κ2) is 11.3. The standard InChI is InChI=1S/C21H28ClFN4O5S/c1-16(2)33(29,30)26-9-7-25(8-10-26)19-15-24-27(18-5-3-4-17(22)14-18)21(28)20(19)32-13-12-31-11-6-23/h3-5,14-16H,6-13H2,1-2H3. The summed E-state index contributed by atoms with van der Waals surface area (Å²) in [6.07, 6.45) is 1.52. The summed E-state index contributed by atoms with van der Waals surface area (Å²) in [5.41, 5.74) is 0.452. The second-order valence-electron chi connectivity index (χ2n) is 7.69. The van der Waals surface area contributed by atoms with Crippen molar-refractivity contribution in [3.63, 3.8) is 0 Å². The van der Waals surface area contributed by atoms with Crippen LogP contribution >= 0.6 is 11.6 Å². The first-order valence-electron chi connectivity index (χ1n) is 10.6. The maximum absolute atomic E-state index is 13.3. The highest BCUT2D eigenvalue weighted by Gasteiger charge is 2.31. The summed E-state index contributed by atoms with van der Waals surface area (Å²) in [5, 5.41) is 4.24. The van der Waals surface area contributed by atoms with Gasteiger partial charge in [-0.05, 0) is 32.0 Å². The third-order valence-corrected chi connectivity index (χ3v) is 7.71. The van der Waals surface area contributed by atoms with Crippen molar-refractivity contribution in [1.82, 2.24) is 14.1 Å². The van der Waals surface area contributed by atoms with E-state index >= 15 is 0 Å². The Hall–Kier alpha value is -2.21. The van der Waals surface area contributed by atoms with Crippen LogP contribution in [0.25, 0.3) is 5.69 Å². The van der Waals surface area contributed by atoms with E-state index in [4.69, 9.17) is 21.1 Å². The molecule has 0 atom stereocenters. The normalized spacial score (nSPS) is 15.2. The molecule has 1 aromatic carbocycles. The first-order chi connectivity index (χ1) is 15.8. The van der Waals surface area contributed by atoms with E-state index in [0.29, 0.717) is 29.5 Å². The molecule has 0 spiro atoms. The number of nitrogens with zero attached hydrogens (tertiary/aromatic N) is 4. The Morgan fingerprint density at radius 1 is 1.15 bits per heavy atom. The van der Waals surface area contributed by atoms with Crippen molar-refractivity contribution in [1.29, 1.82) is 0 Å². The number of benzene rings is 1. The van der Waals surface area contributed by atoms with Gasteiger partial charge >= 0.3 is 5.56 Å². The summed E-state index contributed by atoms with van der Waals surface area (Å²) < 4.78 is 50.7. The van der Waals surface area contributed by atoms with Crippen molar-refractivity contribution < 1.29 is 22.3 Å². The summed E-state index contributed by atoms with van der Waals surface area (Å²) in [5.74, 6) is 0.0639. The Kier molecular flexibility index (Phi) is 8.69. The highest BCUT2D eigenvalue weighted by molar-refractivity contribution is 7.89. The van der Waals surface area contributed by atoms with E-state index in [1.165, 1.54) is 15.2 Å². The Morgan fingerprint density at radius 3 is 2.52 bits per heavy atom. The van der Waals surface area contributed by atoms with Crippen LogP contribution < -0.4 is 15.2 Å². The molecule has 0 amide bonds. The number of alkyl halides is 1. The van der Waals surface area contributed by atoms with Gasteiger partial charge in [0.05, 0.1) is 30.3 Å². The third kappa shape index (κ3) is 6.03. The number of rotatable bonds is 10. The maximum atomic E-state index is 13.3. The molecule has 2 heterocycles. The van der Waals surface area contributed by atoms with Gasteiger partial charge in [-0.3, -0.25) is 4.79 Å². The van der Waals surface area contributed by atoms with Gasteiger partial charge in [-0.25, -0.2) is 12.8 Å². The van der Waals surface area contributed by atoms with Gasteiger partial charge in [-0.2, -0.15) is 14.1 Å². The number of ether oxygens (including phenoxy) is 2. The third-order valence-electron chi connectivity index (χ3n) is 5.20. The molecule has 1 aliphatic rings. The summed E-state index contributed by atoms with van der Waals surface area (Å²) in [6.45, 7) is 4.14. The average molecular weight is 503 g/mol. The Labute approximate surface area is 197 Å². The largest absolute Gasteiger partial charge is 0.484 e. The molecular weight excluding hydrogens is 475 g/mol.